The van der Waals surface area contributed by atoms with Crippen molar-refractivity contribution in [2.24, 2.45) is 0 Å². The second-order valence-electron chi connectivity index (χ2n) is 4.45. The highest BCUT2D eigenvalue weighted by Gasteiger charge is 2.11. The van der Waals surface area contributed by atoms with Crippen molar-refractivity contribution in [2.45, 2.75) is 0 Å². The van der Waals surface area contributed by atoms with Gasteiger partial charge in [0.2, 0.25) is 0 Å². The van der Waals surface area contributed by atoms with Gasteiger partial charge in [0.25, 0.3) is 0 Å². The normalized spacial score (nSPS) is 11.3. The zero-order chi connectivity index (χ0) is 14.8. The lowest BCUT2D eigenvalue weighted by Gasteiger charge is -2.05. The number of carboxylic acid groups (broad SMARTS) is 1. The summed E-state index contributed by atoms with van der Waals surface area (Å²) >= 11 is 4.97. The van der Waals surface area contributed by atoms with Gasteiger partial charge in [0.05, 0.1) is 16.8 Å². The Hall–Kier alpha value is -1.98. The maximum atomic E-state index is 11.4. The van der Waals surface area contributed by atoms with Crippen molar-refractivity contribution >= 4 is 56.3 Å². The van der Waals surface area contributed by atoms with Crippen LogP contribution in [0, 0.1) is 0 Å². The van der Waals surface area contributed by atoms with Gasteiger partial charge in [0, 0.05) is 9.86 Å². The smallest absolute Gasteiger partial charge is 0.336 e. The van der Waals surface area contributed by atoms with Crippen molar-refractivity contribution in [3.05, 3.63) is 62.4 Å². The Labute approximate surface area is 133 Å². The molecule has 0 radical (unpaired) electrons. The number of nitrogens with zero attached hydrogens (tertiary/aromatic N) is 1. The number of carbonyl (C=O) groups is 1. The molecule has 1 aromatic carbocycles. The van der Waals surface area contributed by atoms with E-state index in [2.05, 4.69) is 20.9 Å². The van der Waals surface area contributed by atoms with Crippen molar-refractivity contribution in [3.8, 4) is 0 Å². The third kappa shape index (κ3) is 3.04. The van der Waals surface area contributed by atoms with Crippen LogP contribution in [0.1, 0.15) is 21.6 Å². The first-order chi connectivity index (χ1) is 10.1. The third-order valence-electron chi connectivity index (χ3n) is 3.01. The first kappa shape index (κ1) is 14.0. The molecular formula is C16H10BrNO2S. The average Bonchev–Trinajstić information content (AvgIpc) is 2.97. The second-order valence-corrected chi connectivity index (χ2v) is 6.15. The summed E-state index contributed by atoms with van der Waals surface area (Å²) in [5, 5.41) is 14.0. The van der Waals surface area contributed by atoms with Gasteiger partial charge in [0.1, 0.15) is 0 Å². The van der Waals surface area contributed by atoms with Crippen molar-refractivity contribution in [2.75, 3.05) is 0 Å². The summed E-state index contributed by atoms with van der Waals surface area (Å²) in [6.07, 6.45) is 3.76. The summed E-state index contributed by atoms with van der Waals surface area (Å²) in [5.74, 6) is -0.953. The fourth-order valence-corrected chi connectivity index (χ4v) is 3.02. The van der Waals surface area contributed by atoms with Crippen LogP contribution in [-0.4, -0.2) is 16.1 Å². The van der Waals surface area contributed by atoms with E-state index in [0.717, 1.165) is 10.0 Å². The Morgan fingerprint density at radius 2 is 2.10 bits per heavy atom. The van der Waals surface area contributed by atoms with Gasteiger partial charge in [-0.3, -0.25) is 0 Å². The lowest BCUT2D eigenvalue weighted by atomic mass is 10.1. The Bertz CT molecular complexity index is 841. The SMILES string of the molecule is O=C(O)c1cc(/C=C/c2ccsc2)nc2ccc(Br)cc12. The van der Waals surface area contributed by atoms with Crippen LogP contribution in [-0.2, 0) is 0 Å². The van der Waals surface area contributed by atoms with Crippen molar-refractivity contribution in [1.82, 2.24) is 4.98 Å². The number of pyridine rings is 1. The molecule has 0 saturated carbocycles. The monoisotopic (exact) mass is 359 g/mol. The molecular weight excluding hydrogens is 350 g/mol. The first-order valence-corrected chi connectivity index (χ1v) is 7.91. The van der Waals surface area contributed by atoms with E-state index in [-0.39, 0.29) is 5.56 Å². The Kier molecular flexibility index (Phi) is 3.86. The number of aromatic carboxylic acids is 1. The molecule has 3 nitrogen and oxygen atoms in total. The number of hydrogen-bond acceptors (Lipinski definition) is 3. The molecule has 0 saturated heterocycles. The van der Waals surface area contributed by atoms with Crippen molar-refractivity contribution < 1.29 is 9.90 Å². The number of halogens is 1. The molecule has 0 aliphatic carbocycles. The van der Waals surface area contributed by atoms with Gasteiger partial charge in [-0.25, -0.2) is 9.78 Å². The van der Waals surface area contributed by atoms with Crippen LogP contribution in [0.15, 0.2) is 45.6 Å². The van der Waals surface area contributed by atoms with E-state index < -0.39 is 5.97 Å². The van der Waals surface area contributed by atoms with Gasteiger partial charge in [-0.1, -0.05) is 22.0 Å². The molecule has 0 fully saturated rings. The van der Waals surface area contributed by atoms with Gasteiger partial charge in [-0.05, 0) is 52.7 Å². The number of carboxylic acids is 1. The zero-order valence-electron chi connectivity index (χ0n) is 10.8. The maximum absolute atomic E-state index is 11.4. The molecule has 0 amide bonds. The van der Waals surface area contributed by atoms with Crippen molar-refractivity contribution in [3.63, 3.8) is 0 Å². The first-order valence-electron chi connectivity index (χ1n) is 6.17. The van der Waals surface area contributed by atoms with E-state index in [0.29, 0.717) is 16.6 Å². The highest BCUT2D eigenvalue weighted by Crippen LogP contribution is 2.24. The van der Waals surface area contributed by atoms with Crippen LogP contribution in [0.4, 0.5) is 0 Å². The number of aromatic nitrogens is 1. The zero-order valence-corrected chi connectivity index (χ0v) is 13.2. The minimum atomic E-state index is -0.953. The molecule has 5 heteroatoms. The molecule has 3 rings (SSSR count). The number of fused-ring (bicyclic) bond motifs is 1. The summed E-state index contributed by atoms with van der Waals surface area (Å²) < 4.78 is 0.834. The number of benzene rings is 1. The standard InChI is InChI=1S/C16H10BrNO2S/c17-11-2-4-15-13(7-11)14(16(19)20)8-12(18-15)3-1-10-5-6-21-9-10/h1-9H,(H,19,20)/b3-1+. The number of rotatable bonds is 3. The predicted octanol–water partition coefficient (Wildman–Crippen LogP) is 4.93. The van der Waals surface area contributed by atoms with E-state index in [1.165, 1.54) is 0 Å². The minimum Gasteiger partial charge on any atom is -0.478 e. The Balaban J connectivity index is 2.12. The van der Waals surface area contributed by atoms with Gasteiger partial charge >= 0.3 is 5.97 Å². The van der Waals surface area contributed by atoms with Crippen LogP contribution in [0.3, 0.4) is 0 Å². The van der Waals surface area contributed by atoms with Crippen LogP contribution >= 0.6 is 27.3 Å². The molecule has 2 heterocycles. The van der Waals surface area contributed by atoms with E-state index in [1.807, 2.05) is 41.1 Å². The summed E-state index contributed by atoms with van der Waals surface area (Å²) in [6, 6.07) is 9.04. The predicted molar refractivity (Wildman–Crippen MR) is 89.6 cm³/mol. The molecule has 0 aliphatic rings. The van der Waals surface area contributed by atoms with Gasteiger partial charge in [0.15, 0.2) is 0 Å². The second kappa shape index (κ2) is 5.79. The van der Waals surface area contributed by atoms with Gasteiger partial charge < -0.3 is 5.11 Å². The minimum absolute atomic E-state index is 0.256. The summed E-state index contributed by atoms with van der Waals surface area (Å²) in [5.41, 5.74) is 2.64. The molecule has 21 heavy (non-hydrogen) atoms. The fraction of sp³-hybridized carbons (Fsp3) is 0. The number of hydrogen-bond donors (Lipinski definition) is 1. The van der Waals surface area contributed by atoms with E-state index in [4.69, 9.17) is 0 Å². The highest BCUT2D eigenvalue weighted by atomic mass is 79.9. The largest absolute Gasteiger partial charge is 0.478 e. The quantitative estimate of drug-likeness (QED) is 0.721. The topological polar surface area (TPSA) is 50.2 Å². The molecule has 0 bridgehead atoms. The lowest BCUT2D eigenvalue weighted by molar-refractivity contribution is 0.0699. The van der Waals surface area contributed by atoms with E-state index in [9.17, 15) is 9.90 Å². The van der Waals surface area contributed by atoms with Crippen molar-refractivity contribution in [1.29, 1.82) is 0 Å². The maximum Gasteiger partial charge on any atom is 0.336 e. The lowest BCUT2D eigenvalue weighted by Crippen LogP contribution is -2.00. The highest BCUT2D eigenvalue weighted by molar-refractivity contribution is 9.10. The number of thiophene rings is 1. The fourth-order valence-electron chi connectivity index (χ4n) is 2.03. The average molecular weight is 360 g/mol. The van der Waals surface area contributed by atoms with Gasteiger partial charge in [-0.2, -0.15) is 11.3 Å². The summed E-state index contributed by atoms with van der Waals surface area (Å²) in [6.45, 7) is 0. The van der Waals surface area contributed by atoms with Crippen LogP contribution < -0.4 is 0 Å². The summed E-state index contributed by atoms with van der Waals surface area (Å²) in [4.78, 5) is 15.9. The van der Waals surface area contributed by atoms with Crippen LogP contribution in [0.2, 0.25) is 0 Å². The van der Waals surface area contributed by atoms with E-state index >= 15 is 0 Å². The Morgan fingerprint density at radius 3 is 2.81 bits per heavy atom. The van der Waals surface area contributed by atoms with Crippen LogP contribution in [0.5, 0.6) is 0 Å². The molecule has 0 atom stereocenters. The van der Waals surface area contributed by atoms with Gasteiger partial charge in [-0.15, -0.1) is 0 Å². The van der Waals surface area contributed by atoms with Crippen LogP contribution in [0.25, 0.3) is 23.1 Å². The molecule has 1 N–H and O–H groups in total. The molecule has 104 valence electrons. The Morgan fingerprint density at radius 1 is 1.24 bits per heavy atom. The molecule has 0 aliphatic heterocycles. The third-order valence-corrected chi connectivity index (χ3v) is 4.21. The molecule has 0 unspecified atom stereocenters. The molecule has 0 spiro atoms. The summed E-state index contributed by atoms with van der Waals surface area (Å²) in [7, 11) is 0. The molecule has 3 aromatic rings. The molecule has 2 aromatic heterocycles. The van der Waals surface area contributed by atoms with E-state index in [1.54, 1.807) is 23.5 Å².